The molecule has 1 saturated heterocycles. The molecule has 3 rings (SSSR count). The van der Waals surface area contributed by atoms with E-state index in [9.17, 15) is 14.3 Å². The molecular formula is C20H21Cl2FN2O3. The summed E-state index contributed by atoms with van der Waals surface area (Å²) in [5.74, 6) is -0.373. The van der Waals surface area contributed by atoms with E-state index in [1.165, 1.54) is 12.1 Å². The first kappa shape index (κ1) is 20.7. The second-order valence-electron chi connectivity index (χ2n) is 6.64. The molecule has 8 heteroatoms. The fraction of sp³-hybridized carbons (Fsp3) is 0.350. The number of benzene rings is 2. The van der Waals surface area contributed by atoms with E-state index in [1.807, 2.05) is 4.90 Å². The first-order valence-electron chi connectivity index (χ1n) is 8.98. The molecule has 2 aromatic carbocycles. The van der Waals surface area contributed by atoms with Gasteiger partial charge in [0.05, 0.1) is 16.8 Å². The summed E-state index contributed by atoms with van der Waals surface area (Å²) in [6.07, 6.45) is 0.958. The largest absolute Gasteiger partial charge is 0.482 e. The van der Waals surface area contributed by atoms with Gasteiger partial charge in [-0.25, -0.2) is 4.39 Å². The molecule has 0 aromatic heterocycles. The molecule has 0 bridgehead atoms. The van der Waals surface area contributed by atoms with Crippen LogP contribution in [0.25, 0.3) is 0 Å². The van der Waals surface area contributed by atoms with E-state index < -0.39 is 0 Å². The van der Waals surface area contributed by atoms with Gasteiger partial charge in [0.15, 0.2) is 6.61 Å². The molecule has 2 aromatic rings. The number of anilines is 1. The number of hydrogen-bond donors (Lipinski definition) is 2. The van der Waals surface area contributed by atoms with Crippen molar-refractivity contribution in [3.05, 3.63) is 57.8 Å². The predicted octanol–water partition coefficient (Wildman–Crippen LogP) is 3.79. The van der Waals surface area contributed by atoms with Crippen molar-refractivity contribution in [2.24, 2.45) is 0 Å². The molecule has 5 nitrogen and oxygen atoms in total. The minimum Gasteiger partial charge on any atom is -0.482 e. The van der Waals surface area contributed by atoms with Crippen LogP contribution >= 0.6 is 23.2 Å². The molecule has 1 amide bonds. The van der Waals surface area contributed by atoms with Crippen molar-refractivity contribution in [1.82, 2.24) is 5.32 Å². The van der Waals surface area contributed by atoms with Crippen LogP contribution in [0.2, 0.25) is 10.0 Å². The topological polar surface area (TPSA) is 61.8 Å². The number of nitrogens with zero attached hydrogens (tertiary/aromatic N) is 1. The van der Waals surface area contributed by atoms with Gasteiger partial charge in [-0.05, 0) is 42.7 Å². The molecule has 150 valence electrons. The molecule has 1 aliphatic heterocycles. The van der Waals surface area contributed by atoms with Crippen LogP contribution in [0, 0.1) is 5.82 Å². The van der Waals surface area contributed by atoms with E-state index in [2.05, 4.69) is 5.32 Å². The molecule has 0 radical (unpaired) electrons. The van der Waals surface area contributed by atoms with Crippen molar-refractivity contribution in [3.8, 4) is 5.75 Å². The van der Waals surface area contributed by atoms with Gasteiger partial charge in [-0.1, -0.05) is 29.3 Å². The lowest BCUT2D eigenvalue weighted by molar-refractivity contribution is -0.123. The van der Waals surface area contributed by atoms with Gasteiger partial charge in [0, 0.05) is 30.7 Å². The van der Waals surface area contributed by atoms with E-state index in [1.54, 1.807) is 24.3 Å². The standard InChI is InChI=1S/C20H21Cl2FN2O3/c21-14-2-3-16(22)19(10-14)28-12-20(27)24-11-13-1-4-18(17(23)9-13)25-7-5-15(26)6-8-25/h1-4,9-10,15,26H,5-8,11-12H2,(H,24,27). The average Bonchev–Trinajstić information content (AvgIpc) is 2.68. The SMILES string of the molecule is O=C(COc1cc(Cl)ccc1Cl)NCc1ccc(N2CCC(O)CC2)c(F)c1. The number of nitrogens with one attached hydrogen (secondary N) is 1. The Bertz CT molecular complexity index is 842. The number of carbonyl (C=O) groups excluding carboxylic acids is 1. The third-order valence-electron chi connectivity index (χ3n) is 4.56. The van der Waals surface area contributed by atoms with Gasteiger partial charge in [-0.3, -0.25) is 4.79 Å². The number of carbonyl (C=O) groups is 1. The second-order valence-corrected chi connectivity index (χ2v) is 7.49. The van der Waals surface area contributed by atoms with Crippen LogP contribution in [0.1, 0.15) is 18.4 Å². The van der Waals surface area contributed by atoms with Gasteiger partial charge in [0.25, 0.3) is 5.91 Å². The van der Waals surface area contributed by atoms with Crippen LogP contribution < -0.4 is 15.0 Å². The Morgan fingerprint density at radius 2 is 1.96 bits per heavy atom. The van der Waals surface area contributed by atoms with Crippen LogP contribution in [0.5, 0.6) is 5.75 Å². The number of aliphatic hydroxyl groups excluding tert-OH is 1. The summed E-state index contributed by atoms with van der Waals surface area (Å²) >= 11 is 11.9. The van der Waals surface area contributed by atoms with Crippen molar-refractivity contribution in [3.63, 3.8) is 0 Å². The summed E-state index contributed by atoms with van der Waals surface area (Å²) in [4.78, 5) is 13.9. The number of hydrogen-bond acceptors (Lipinski definition) is 4. The normalized spacial score (nSPS) is 14.8. The Hall–Kier alpha value is -2.02. The first-order chi connectivity index (χ1) is 13.4. The van der Waals surface area contributed by atoms with Crippen LogP contribution in [0.3, 0.4) is 0 Å². The molecule has 0 aliphatic carbocycles. The minimum absolute atomic E-state index is 0.182. The third-order valence-corrected chi connectivity index (χ3v) is 5.11. The van der Waals surface area contributed by atoms with Crippen molar-refractivity contribution < 1.29 is 19.0 Å². The molecule has 1 fully saturated rings. The van der Waals surface area contributed by atoms with Crippen LogP contribution in [-0.4, -0.2) is 36.8 Å². The Morgan fingerprint density at radius 1 is 1.21 bits per heavy atom. The van der Waals surface area contributed by atoms with E-state index in [0.717, 1.165) is 0 Å². The highest BCUT2D eigenvalue weighted by Crippen LogP contribution is 2.27. The van der Waals surface area contributed by atoms with Gasteiger partial charge >= 0.3 is 0 Å². The zero-order valence-corrected chi connectivity index (χ0v) is 16.6. The molecule has 1 aliphatic rings. The van der Waals surface area contributed by atoms with E-state index in [0.29, 0.717) is 53.0 Å². The van der Waals surface area contributed by atoms with Crippen molar-refractivity contribution >= 4 is 34.8 Å². The highest BCUT2D eigenvalue weighted by Gasteiger charge is 2.19. The zero-order chi connectivity index (χ0) is 20.1. The fourth-order valence-corrected chi connectivity index (χ4v) is 3.34. The summed E-state index contributed by atoms with van der Waals surface area (Å²) in [6.45, 7) is 1.20. The fourth-order valence-electron chi connectivity index (χ4n) is 3.01. The van der Waals surface area contributed by atoms with Gasteiger partial charge in [-0.2, -0.15) is 0 Å². The zero-order valence-electron chi connectivity index (χ0n) is 15.1. The molecule has 0 atom stereocenters. The van der Waals surface area contributed by atoms with Gasteiger partial charge in [-0.15, -0.1) is 0 Å². The highest BCUT2D eigenvalue weighted by molar-refractivity contribution is 6.34. The number of amides is 1. The lowest BCUT2D eigenvalue weighted by Gasteiger charge is -2.31. The molecular weight excluding hydrogens is 406 g/mol. The highest BCUT2D eigenvalue weighted by atomic mass is 35.5. The van der Waals surface area contributed by atoms with Crippen LogP contribution in [0.4, 0.5) is 10.1 Å². The Balaban J connectivity index is 1.50. The number of piperidine rings is 1. The maximum absolute atomic E-state index is 14.4. The van der Waals surface area contributed by atoms with Gasteiger partial charge < -0.3 is 20.1 Å². The number of aliphatic hydroxyl groups is 1. The molecule has 0 saturated carbocycles. The summed E-state index contributed by atoms with van der Waals surface area (Å²) in [5.41, 5.74) is 1.16. The maximum atomic E-state index is 14.4. The molecule has 0 unspecified atom stereocenters. The lowest BCUT2D eigenvalue weighted by atomic mass is 10.1. The minimum atomic E-state index is -0.356. The number of halogens is 3. The summed E-state index contributed by atoms with van der Waals surface area (Å²) in [7, 11) is 0. The number of ether oxygens (including phenoxy) is 1. The quantitative estimate of drug-likeness (QED) is 0.737. The smallest absolute Gasteiger partial charge is 0.258 e. The van der Waals surface area contributed by atoms with Crippen molar-refractivity contribution in [1.29, 1.82) is 0 Å². The van der Waals surface area contributed by atoms with Gasteiger partial charge in [0.2, 0.25) is 0 Å². The molecule has 2 N–H and O–H groups in total. The predicted molar refractivity (Wildman–Crippen MR) is 108 cm³/mol. The van der Waals surface area contributed by atoms with E-state index in [4.69, 9.17) is 27.9 Å². The third kappa shape index (κ3) is 5.50. The summed E-state index contributed by atoms with van der Waals surface area (Å²) in [5, 5.41) is 13.1. The van der Waals surface area contributed by atoms with Gasteiger partial charge in [0.1, 0.15) is 11.6 Å². The Morgan fingerprint density at radius 3 is 2.68 bits per heavy atom. The first-order valence-corrected chi connectivity index (χ1v) is 9.74. The summed E-state index contributed by atoms with van der Waals surface area (Å²) in [6, 6.07) is 9.64. The van der Waals surface area contributed by atoms with E-state index in [-0.39, 0.29) is 31.0 Å². The molecule has 28 heavy (non-hydrogen) atoms. The molecule has 0 spiro atoms. The average molecular weight is 427 g/mol. The maximum Gasteiger partial charge on any atom is 0.258 e. The van der Waals surface area contributed by atoms with E-state index >= 15 is 0 Å². The second kappa shape index (κ2) is 9.45. The van der Waals surface area contributed by atoms with Crippen LogP contribution in [-0.2, 0) is 11.3 Å². The van der Waals surface area contributed by atoms with Crippen LogP contribution in [0.15, 0.2) is 36.4 Å². The monoisotopic (exact) mass is 426 g/mol. The molecule has 1 heterocycles. The Labute approximate surface area is 173 Å². The lowest BCUT2D eigenvalue weighted by Crippen LogP contribution is -2.36. The van der Waals surface area contributed by atoms with Crippen molar-refractivity contribution in [2.45, 2.75) is 25.5 Å². The summed E-state index contributed by atoms with van der Waals surface area (Å²) < 4.78 is 19.8. The van der Waals surface area contributed by atoms with Crippen molar-refractivity contribution in [2.75, 3.05) is 24.6 Å². The number of rotatable bonds is 6. The Kier molecular flexibility index (Phi) is 6.99.